The number of amides is 1. The van der Waals surface area contributed by atoms with Crippen LogP contribution in [0.25, 0.3) is 0 Å². The standard InChI is InChI=1S/C13H18N4O2/c1-7-11(10(4)19-16-7)6-17(5)13(18)12-8(2)14-15-9(12)3/h6H2,1-5H3,(H,14,15). The highest BCUT2D eigenvalue weighted by Gasteiger charge is 2.21. The number of nitrogens with one attached hydrogen (secondary N) is 1. The molecular weight excluding hydrogens is 244 g/mol. The van der Waals surface area contributed by atoms with Gasteiger partial charge in [0.05, 0.1) is 23.5 Å². The van der Waals surface area contributed by atoms with Gasteiger partial charge in [-0.25, -0.2) is 0 Å². The van der Waals surface area contributed by atoms with Crippen LogP contribution in [0.2, 0.25) is 0 Å². The molecule has 1 N–H and O–H groups in total. The molecule has 0 unspecified atom stereocenters. The molecule has 102 valence electrons. The number of H-pyrrole nitrogens is 1. The summed E-state index contributed by atoms with van der Waals surface area (Å²) >= 11 is 0. The van der Waals surface area contributed by atoms with Crippen LogP contribution in [0.4, 0.5) is 0 Å². The molecule has 0 bridgehead atoms. The van der Waals surface area contributed by atoms with E-state index in [1.807, 2.05) is 27.7 Å². The van der Waals surface area contributed by atoms with Crippen molar-refractivity contribution in [2.45, 2.75) is 34.2 Å². The maximum Gasteiger partial charge on any atom is 0.257 e. The summed E-state index contributed by atoms with van der Waals surface area (Å²) in [6.45, 7) is 7.86. The lowest BCUT2D eigenvalue weighted by Crippen LogP contribution is -2.27. The molecule has 0 aliphatic heterocycles. The Labute approximate surface area is 111 Å². The third kappa shape index (κ3) is 2.38. The predicted molar refractivity (Wildman–Crippen MR) is 69.8 cm³/mol. The molecule has 2 aromatic rings. The first-order valence-corrected chi connectivity index (χ1v) is 6.10. The Balaban J connectivity index is 2.21. The molecule has 0 aromatic carbocycles. The van der Waals surface area contributed by atoms with E-state index in [0.29, 0.717) is 17.8 Å². The first-order valence-electron chi connectivity index (χ1n) is 6.10. The van der Waals surface area contributed by atoms with Crippen LogP contribution in [0.3, 0.4) is 0 Å². The smallest absolute Gasteiger partial charge is 0.257 e. The van der Waals surface area contributed by atoms with E-state index in [1.165, 1.54) is 0 Å². The largest absolute Gasteiger partial charge is 0.361 e. The van der Waals surface area contributed by atoms with Gasteiger partial charge in [0.2, 0.25) is 0 Å². The van der Waals surface area contributed by atoms with Gasteiger partial charge < -0.3 is 9.42 Å². The Morgan fingerprint density at radius 3 is 2.42 bits per heavy atom. The van der Waals surface area contributed by atoms with Crippen molar-refractivity contribution in [3.05, 3.63) is 34.0 Å². The number of aromatic amines is 1. The van der Waals surface area contributed by atoms with E-state index < -0.39 is 0 Å². The maximum atomic E-state index is 12.4. The number of rotatable bonds is 3. The summed E-state index contributed by atoms with van der Waals surface area (Å²) in [7, 11) is 1.76. The Hall–Kier alpha value is -2.11. The third-order valence-corrected chi connectivity index (χ3v) is 3.27. The Morgan fingerprint density at radius 1 is 1.26 bits per heavy atom. The molecule has 2 rings (SSSR count). The van der Waals surface area contributed by atoms with Gasteiger partial charge in [-0.2, -0.15) is 5.10 Å². The molecule has 0 radical (unpaired) electrons. The van der Waals surface area contributed by atoms with Crippen molar-refractivity contribution in [2.24, 2.45) is 0 Å². The molecule has 6 nitrogen and oxygen atoms in total. The summed E-state index contributed by atoms with van der Waals surface area (Å²) in [4.78, 5) is 14.1. The lowest BCUT2D eigenvalue weighted by Gasteiger charge is -2.17. The summed E-state index contributed by atoms with van der Waals surface area (Å²) in [6.07, 6.45) is 0. The van der Waals surface area contributed by atoms with Crippen LogP contribution in [0, 0.1) is 27.7 Å². The number of carbonyl (C=O) groups excluding carboxylic acids is 1. The molecule has 0 saturated heterocycles. The van der Waals surface area contributed by atoms with Crippen molar-refractivity contribution < 1.29 is 9.32 Å². The Bertz CT molecular complexity index is 573. The van der Waals surface area contributed by atoms with E-state index in [0.717, 1.165) is 22.7 Å². The zero-order valence-corrected chi connectivity index (χ0v) is 11.9. The van der Waals surface area contributed by atoms with Crippen LogP contribution < -0.4 is 0 Å². The van der Waals surface area contributed by atoms with Crippen molar-refractivity contribution in [3.8, 4) is 0 Å². The van der Waals surface area contributed by atoms with Crippen LogP contribution in [-0.2, 0) is 6.54 Å². The van der Waals surface area contributed by atoms with Crippen LogP contribution >= 0.6 is 0 Å². The fourth-order valence-electron chi connectivity index (χ4n) is 2.09. The molecule has 6 heteroatoms. The molecule has 1 amide bonds. The fraction of sp³-hybridized carbons (Fsp3) is 0.462. The minimum absolute atomic E-state index is 0.0521. The maximum absolute atomic E-state index is 12.4. The van der Waals surface area contributed by atoms with Crippen molar-refractivity contribution in [1.82, 2.24) is 20.3 Å². The highest BCUT2D eigenvalue weighted by molar-refractivity contribution is 5.96. The average molecular weight is 262 g/mol. The minimum atomic E-state index is -0.0521. The zero-order chi connectivity index (χ0) is 14.2. The van der Waals surface area contributed by atoms with Gasteiger partial charge in [-0.15, -0.1) is 0 Å². The highest BCUT2D eigenvalue weighted by Crippen LogP contribution is 2.17. The first kappa shape index (κ1) is 13.3. The molecule has 0 fully saturated rings. The first-order chi connectivity index (χ1) is 8.91. The molecule has 0 atom stereocenters. The summed E-state index contributed by atoms with van der Waals surface area (Å²) < 4.78 is 5.11. The Kier molecular flexibility index (Phi) is 3.42. The van der Waals surface area contributed by atoms with Crippen LogP contribution in [0.15, 0.2) is 4.52 Å². The monoisotopic (exact) mass is 262 g/mol. The van der Waals surface area contributed by atoms with E-state index in [9.17, 15) is 4.79 Å². The number of aromatic nitrogens is 3. The molecule has 0 saturated carbocycles. The topological polar surface area (TPSA) is 75.0 Å². The Morgan fingerprint density at radius 2 is 1.95 bits per heavy atom. The molecule has 0 aliphatic carbocycles. The summed E-state index contributed by atoms with van der Waals surface area (Å²) in [5, 5.41) is 10.8. The van der Waals surface area contributed by atoms with E-state index in [4.69, 9.17) is 4.52 Å². The zero-order valence-electron chi connectivity index (χ0n) is 11.9. The van der Waals surface area contributed by atoms with Crippen molar-refractivity contribution in [2.75, 3.05) is 7.05 Å². The number of nitrogens with zero attached hydrogens (tertiary/aromatic N) is 3. The summed E-state index contributed by atoms with van der Waals surface area (Å²) in [5.74, 6) is 0.696. The van der Waals surface area contributed by atoms with Gasteiger partial charge in [0, 0.05) is 18.3 Å². The van der Waals surface area contributed by atoms with Crippen LogP contribution in [0.1, 0.15) is 38.8 Å². The molecular formula is C13H18N4O2. The highest BCUT2D eigenvalue weighted by atomic mass is 16.5. The number of hydrogen-bond acceptors (Lipinski definition) is 4. The van der Waals surface area contributed by atoms with Gasteiger partial charge >= 0.3 is 0 Å². The van der Waals surface area contributed by atoms with Crippen LogP contribution in [0.5, 0.6) is 0 Å². The van der Waals surface area contributed by atoms with E-state index in [2.05, 4.69) is 15.4 Å². The average Bonchev–Trinajstić information content (AvgIpc) is 2.85. The van der Waals surface area contributed by atoms with Crippen molar-refractivity contribution in [1.29, 1.82) is 0 Å². The lowest BCUT2D eigenvalue weighted by molar-refractivity contribution is 0.0783. The van der Waals surface area contributed by atoms with Gasteiger partial charge in [-0.1, -0.05) is 5.16 Å². The van der Waals surface area contributed by atoms with E-state index in [1.54, 1.807) is 11.9 Å². The second kappa shape index (κ2) is 4.87. The number of carbonyl (C=O) groups is 1. The number of hydrogen-bond donors (Lipinski definition) is 1. The SMILES string of the molecule is Cc1noc(C)c1CN(C)C(=O)c1c(C)n[nH]c1C. The van der Waals surface area contributed by atoms with Gasteiger partial charge in [0.1, 0.15) is 5.76 Å². The molecule has 0 spiro atoms. The summed E-state index contributed by atoms with van der Waals surface area (Å²) in [6, 6.07) is 0. The quantitative estimate of drug-likeness (QED) is 0.916. The van der Waals surface area contributed by atoms with E-state index in [-0.39, 0.29) is 5.91 Å². The molecule has 0 aliphatic rings. The molecule has 2 aromatic heterocycles. The van der Waals surface area contributed by atoms with Crippen molar-refractivity contribution >= 4 is 5.91 Å². The third-order valence-electron chi connectivity index (χ3n) is 3.27. The number of aryl methyl sites for hydroxylation is 4. The van der Waals surface area contributed by atoms with Gasteiger partial charge in [-0.3, -0.25) is 9.89 Å². The van der Waals surface area contributed by atoms with Crippen LogP contribution in [-0.4, -0.2) is 33.2 Å². The van der Waals surface area contributed by atoms with Gasteiger partial charge in [0.15, 0.2) is 0 Å². The second-order valence-electron chi connectivity index (χ2n) is 4.77. The van der Waals surface area contributed by atoms with Crippen molar-refractivity contribution in [3.63, 3.8) is 0 Å². The predicted octanol–water partition coefficient (Wildman–Crippen LogP) is 1.90. The van der Waals surface area contributed by atoms with Gasteiger partial charge in [-0.05, 0) is 27.7 Å². The molecule has 2 heterocycles. The summed E-state index contributed by atoms with van der Waals surface area (Å²) in [5.41, 5.74) is 3.91. The molecule has 19 heavy (non-hydrogen) atoms. The minimum Gasteiger partial charge on any atom is -0.361 e. The second-order valence-corrected chi connectivity index (χ2v) is 4.77. The lowest BCUT2D eigenvalue weighted by atomic mass is 10.1. The van der Waals surface area contributed by atoms with Gasteiger partial charge in [0.25, 0.3) is 5.91 Å². The fourth-order valence-corrected chi connectivity index (χ4v) is 2.09. The van der Waals surface area contributed by atoms with E-state index >= 15 is 0 Å². The normalized spacial score (nSPS) is 10.8.